The molecule has 0 unspecified atom stereocenters. The van der Waals surface area contributed by atoms with E-state index >= 15 is 0 Å². The Morgan fingerprint density at radius 3 is 1.67 bits per heavy atom. The zero-order chi connectivity index (χ0) is 22.2. The lowest BCUT2D eigenvalue weighted by Crippen LogP contribution is -2.20. The zero-order valence-electron chi connectivity index (χ0n) is 18.0. The van der Waals surface area contributed by atoms with Crippen molar-refractivity contribution in [2.45, 2.75) is 0 Å². The molecule has 6 rings (SSSR count). The number of para-hydroxylation sites is 2. The van der Waals surface area contributed by atoms with E-state index < -0.39 is 0 Å². The summed E-state index contributed by atoms with van der Waals surface area (Å²) >= 11 is 0. The molecule has 0 N–H and O–H groups in total. The number of hydrogen-bond acceptors (Lipinski definition) is 1. The molecule has 0 saturated carbocycles. The quantitative estimate of drug-likeness (QED) is 0.271. The first-order valence-corrected chi connectivity index (χ1v) is 11.1. The van der Waals surface area contributed by atoms with Gasteiger partial charge in [0, 0.05) is 21.9 Å². The zero-order valence-corrected chi connectivity index (χ0v) is 18.0. The molecule has 0 aliphatic carbocycles. The van der Waals surface area contributed by atoms with Crippen molar-refractivity contribution in [2.24, 2.45) is 0 Å². The SMILES string of the molecule is O=c1c2ccccc2c2cccc(-c3ccccc3)c2n1-c1ccccc1-c1ccccc1. The number of rotatable bonds is 3. The van der Waals surface area contributed by atoms with E-state index in [-0.39, 0.29) is 5.56 Å². The number of nitrogens with zero attached hydrogens (tertiary/aromatic N) is 1. The van der Waals surface area contributed by atoms with Crippen LogP contribution in [0.2, 0.25) is 0 Å². The van der Waals surface area contributed by atoms with Crippen molar-refractivity contribution >= 4 is 21.7 Å². The summed E-state index contributed by atoms with van der Waals surface area (Å²) in [4.78, 5) is 14.1. The highest BCUT2D eigenvalue weighted by atomic mass is 16.1. The second-order valence-corrected chi connectivity index (χ2v) is 8.14. The van der Waals surface area contributed by atoms with E-state index in [0.717, 1.165) is 49.6 Å². The monoisotopic (exact) mass is 423 g/mol. The molecule has 0 spiro atoms. The van der Waals surface area contributed by atoms with Crippen LogP contribution in [-0.4, -0.2) is 4.57 Å². The third-order valence-corrected chi connectivity index (χ3v) is 6.22. The highest BCUT2D eigenvalue weighted by Crippen LogP contribution is 2.35. The van der Waals surface area contributed by atoms with E-state index in [2.05, 4.69) is 48.5 Å². The summed E-state index contributed by atoms with van der Waals surface area (Å²) in [6.45, 7) is 0. The molecule has 5 aromatic carbocycles. The Hall–Kier alpha value is -4.43. The van der Waals surface area contributed by atoms with Gasteiger partial charge in [-0.05, 0) is 28.6 Å². The fraction of sp³-hybridized carbons (Fsp3) is 0. The molecule has 33 heavy (non-hydrogen) atoms. The summed E-state index contributed by atoms with van der Waals surface area (Å²) in [5.74, 6) is 0. The van der Waals surface area contributed by atoms with Gasteiger partial charge in [-0.1, -0.05) is 115 Å². The van der Waals surface area contributed by atoms with Gasteiger partial charge in [-0.2, -0.15) is 0 Å². The molecular weight excluding hydrogens is 402 g/mol. The smallest absolute Gasteiger partial charge is 0.263 e. The lowest BCUT2D eigenvalue weighted by Gasteiger charge is -2.19. The van der Waals surface area contributed by atoms with E-state index in [1.807, 2.05) is 83.4 Å². The molecule has 0 bridgehead atoms. The number of aromatic nitrogens is 1. The lowest BCUT2D eigenvalue weighted by molar-refractivity contribution is 1.06. The van der Waals surface area contributed by atoms with Gasteiger partial charge in [-0.3, -0.25) is 9.36 Å². The second kappa shape index (κ2) is 7.92. The van der Waals surface area contributed by atoms with Crippen LogP contribution < -0.4 is 5.56 Å². The van der Waals surface area contributed by atoms with Crippen molar-refractivity contribution in [3.63, 3.8) is 0 Å². The first-order chi connectivity index (χ1) is 16.3. The van der Waals surface area contributed by atoms with Crippen LogP contribution in [0, 0.1) is 0 Å². The topological polar surface area (TPSA) is 22.0 Å². The predicted molar refractivity (Wildman–Crippen MR) is 138 cm³/mol. The van der Waals surface area contributed by atoms with Crippen LogP contribution in [0.5, 0.6) is 0 Å². The van der Waals surface area contributed by atoms with Gasteiger partial charge in [0.15, 0.2) is 0 Å². The van der Waals surface area contributed by atoms with Gasteiger partial charge in [-0.15, -0.1) is 0 Å². The minimum atomic E-state index is -0.00939. The molecule has 1 aromatic heterocycles. The van der Waals surface area contributed by atoms with Crippen molar-refractivity contribution < 1.29 is 0 Å². The molecule has 0 aliphatic heterocycles. The maximum absolute atomic E-state index is 14.1. The molecule has 0 fully saturated rings. The molecular formula is C31H21NO. The highest BCUT2D eigenvalue weighted by Gasteiger charge is 2.18. The van der Waals surface area contributed by atoms with E-state index in [4.69, 9.17) is 0 Å². The Bertz CT molecular complexity index is 1660. The van der Waals surface area contributed by atoms with E-state index in [9.17, 15) is 4.79 Å². The summed E-state index contributed by atoms with van der Waals surface area (Å²) in [6, 6.07) is 42.9. The summed E-state index contributed by atoms with van der Waals surface area (Å²) in [7, 11) is 0. The molecule has 0 atom stereocenters. The average Bonchev–Trinajstić information content (AvgIpc) is 2.90. The summed E-state index contributed by atoms with van der Waals surface area (Å²) in [5.41, 5.74) is 6.04. The first kappa shape index (κ1) is 19.3. The number of fused-ring (bicyclic) bond motifs is 3. The maximum Gasteiger partial charge on any atom is 0.263 e. The highest BCUT2D eigenvalue weighted by molar-refractivity contribution is 6.10. The van der Waals surface area contributed by atoms with E-state index in [1.165, 1.54) is 0 Å². The number of hydrogen-bond donors (Lipinski definition) is 0. The van der Waals surface area contributed by atoms with Crippen LogP contribution in [0.3, 0.4) is 0 Å². The minimum Gasteiger partial charge on any atom is -0.275 e. The molecule has 0 aliphatic rings. The van der Waals surface area contributed by atoms with Crippen molar-refractivity contribution in [3.05, 3.63) is 138 Å². The van der Waals surface area contributed by atoms with Gasteiger partial charge in [-0.25, -0.2) is 0 Å². The van der Waals surface area contributed by atoms with Crippen molar-refractivity contribution in [1.82, 2.24) is 4.57 Å². The van der Waals surface area contributed by atoms with Gasteiger partial charge in [0.1, 0.15) is 0 Å². The third-order valence-electron chi connectivity index (χ3n) is 6.22. The summed E-state index contributed by atoms with van der Waals surface area (Å²) in [5, 5.41) is 2.76. The largest absolute Gasteiger partial charge is 0.275 e. The van der Waals surface area contributed by atoms with Crippen LogP contribution in [-0.2, 0) is 0 Å². The molecule has 2 heteroatoms. The van der Waals surface area contributed by atoms with Crippen molar-refractivity contribution in [1.29, 1.82) is 0 Å². The van der Waals surface area contributed by atoms with Gasteiger partial charge in [0.25, 0.3) is 5.56 Å². The Morgan fingerprint density at radius 1 is 0.424 bits per heavy atom. The summed E-state index contributed by atoms with van der Waals surface area (Å²) < 4.78 is 1.91. The second-order valence-electron chi connectivity index (χ2n) is 8.14. The first-order valence-electron chi connectivity index (χ1n) is 11.1. The van der Waals surface area contributed by atoms with E-state index in [1.54, 1.807) is 0 Å². The average molecular weight is 424 g/mol. The number of benzene rings is 5. The Labute approximate surface area is 192 Å². The lowest BCUT2D eigenvalue weighted by atomic mass is 9.97. The van der Waals surface area contributed by atoms with Crippen LogP contribution in [0.25, 0.3) is 49.6 Å². The van der Waals surface area contributed by atoms with Crippen molar-refractivity contribution in [2.75, 3.05) is 0 Å². The van der Waals surface area contributed by atoms with Gasteiger partial charge >= 0.3 is 0 Å². The molecule has 6 aromatic rings. The van der Waals surface area contributed by atoms with Crippen LogP contribution in [0.15, 0.2) is 132 Å². The van der Waals surface area contributed by atoms with Gasteiger partial charge in [0.2, 0.25) is 0 Å². The molecule has 0 radical (unpaired) electrons. The number of pyridine rings is 1. The van der Waals surface area contributed by atoms with Gasteiger partial charge in [0.05, 0.1) is 11.2 Å². The Balaban J connectivity index is 1.83. The molecule has 0 amide bonds. The standard InChI is InChI=1S/C31H21NO/c33-31-28-18-8-7-17-26(28)27-20-11-19-25(23-14-5-2-6-15-23)30(27)32(31)29-21-10-9-16-24(29)22-12-3-1-4-13-22/h1-21H. The van der Waals surface area contributed by atoms with Crippen LogP contribution >= 0.6 is 0 Å². The third kappa shape index (κ3) is 3.16. The summed E-state index contributed by atoms with van der Waals surface area (Å²) in [6.07, 6.45) is 0. The molecule has 0 saturated heterocycles. The maximum atomic E-state index is 14.1. The minimum absolute atomic E-state index is 0.00939. The predicted octanol–water partition coefficient (Wildman–Crippen LogP) is 7.48. The van der Waals surface area contributed by atoms with E-state index in [0.29, 0.717) is 0 Å². The van der Waals surface area contributed by atoms with Crippen LogP contribution in [0.4, 0.5) is 0 Å². The Morgan fingerprint density at radius 2 is 0.939 bits per heavy atom. The molecule has 2 nitrogen and oxygen atoms in total. The van der Waals surface area contributed by atoms with Crippen LogP contribution in [0.1, 0.15) is 0 Å². The van der Waals surface area contributed by atoms with Gasteiger partial charge < -0.3 is 0 Å². The fourth-order valence-electron chi connectivity index (χ4n) is 4.74. The fourth-order valence-corrected chi connectivity index (χ4v) is 4.74. The Kier molecular flexibility index (Phi) is 4.63. The molecule has 1 heterocycles. The molecule has 156 valence electrons. The van der Waals surface area contributed by atoms with Crippen molar-refractivity contribution in [3.8, 4) is 27.9 Å². The normalized spacial score (nSPS) is 11.2.